The Morgan fingerprint density at radius 3 is 2.63 bits per heavy atom. The highest BCUT2D eigenvalue weighted by Crippen LogP contribution is 2.43. The number of nitrogens with zero attached hydrogens (tertiary/aromatic N) is 1. The first-order valence-corrected chi connectivity index (χ1v) is 8.10. The van der Waals surface area contributed by atoms with Crippen molar-refractivity contribution in [1.29, 1.82) is 5.26 Å². The summed E-state index contributed by atoms with van der Waals surface area (Å²) in [4.78, 5) is 11.4. The molecule has 1 saturated carbocycles. The van der Waals surface area contributed by atoms with Crippen molar-refractivity contribution >= 4 is 17.7 Å². The van der Waals surface area contributed by atoms with E-state index < -0.39 is 0 Å². The van der Waals surface area contributed by atoms with Crippen molar-refractivity contribution < 1.29 is 9.53 Å². The summed E-state index contributed by atoms with van der Waals surface area (Å²) < 4.78 is 4.95. The number of carbonyl (C=O) groups is 1. The van der Waals surface area contributed by atoms with E-state index in [1.807, 2.05) is 6.92 Å². The van der Waals surface area contributed by atoms with Crippen LogP contribution in [0.2, 0.25) is 0 Å². The smallest absolute Gasteiger partial charge is 0.315 e. The fraction of sp³-hybridized carbons (Fsp3) is 0.867. The fourth-order valence-electron chi connectivity index (χ4n) is 2.63. The standard InChI is InChI=1S/C15H25NO2S/c1-5-18-14(17)10-19-13-8-12(15(2,3)4)7-6-11(13)9-16/h11-13H,5-8,10H2,1-4H3. The van der Waals surface area contributed by atoms with E-state index in [9.17, 15) is 10.1 Å². The van der Waals surface area contributed by atoms with Crippen LogP contribution in [0, 0.1) is 28.6 Å². The second kappa shape index (κ2) is 7.19. The van der Waals surface area contributed by atoms with Crippen molar-refractivity contribution in [2.24, 2.45) is 17.3 Å². The minimum absolute atomic E-state index is 0.0815. The first-order chi connectivity index (χ1) is 8.88. The Kier molecular flexibility index (Phi) is 6.19. The van der Waals surface area contributed by atoms with Crippen molar-refractivity contribution in [1.82, 2.24) is 0 Å². The summed E-state index contributed by atoms with van der Waals surface area (Å²) in [5, 5.41) is 9.51. The molecule has 0 N–H and O–H groups in total. The predicted molar refractivity (Wildman–Crippen MR) is 78.8 cm³/mol. The van der Waals surface area contributed by atoms with Gasteiger partial charge in [0.05, 0.1) is 24.3 Å². The highest BCUT2D eigenvalue weighted by molar-refractivity contribution is 8.00. The van der Waals surface area contributed by atoms with Crippen LogP contribution >= 0.6 is 11.8 Å². The third-order valence-electron chi connectivity index (χ3n) is 3.90. The number of hydrogen-bond acceptors (Lipinski definition) is 4. The minimum Gasteiger partial charge on any atom is -0.465 e. The molecule has 108 valence electrons. The summed E-state index contributed by atoms with van der Waals surface area (Å²) in [6, 6.07) is 2.41. The largest absolute Gasteiger partial charge is 0.465 e. The number of carbonyl (C=O) groups excluding carboxylic acids is 1. The highest BCUT2D eigenvalue weighted by Gasteiger charge is 2.36. The molecule has 4 heteroatoms. The molecule has 0 saturated heterocycles. The average molecular weight is 283 g/mol. The lowest BCUT2D eigenvalue weighted by molar-refractivity contribution is -0.139. The summed E-state index contributed by atoms with van der Waals surface area (Å²) in [6.45, 7) is 9.03. The van der Waals surface area contributed by atoms with Crippen molar-refractivity contribution in [3.8, 4) is 6.07 Å². The van der Waals surface area contributed by atoms with Gasteiger partial charge in [-0.15, -0.1) is 11.8 Å². The Bertz CT molecular complexity index is 343. The van der Waals surface area contributed by atoms with E-state index in [0.717, 1.165) is 19.3 Å². The molecule has 1 aliphatic carbocycles. The lowest BCUT2D eigenvalue weighted by Crippen LogP contribution is -2.33. The van der Waals surface area contributed by atoms with Crippen LogP contribution in [0.4, 0.5) is 0 Å². The Balaban J connectivity index is 2.56. The zero-order valence-corrected chi connectivity index (χ0v) is 13.3. The van der Waals surface area contributed by atoms with E-state index in [0.29, 0.717) is 18.3 Å². The van der Waals surface area contributed by atoms with Crippen molar-refractivity contribution in [3.05, 3.63) is 0 Å². The Morgan fingerprint density at radius 2 is 2.11 bits per heavy atom. The van der Waals surface area contributed by atoms with Crippen LogP contribution in [0.25, 0.3) is 0 Å². The molecule has 3 atom stereocenters. The summed E-state index contributed by atoms with van der Waals surface area (Å²) >= 11 is 1.60. The van der Waals surface area contributed by atoms with Gasteiger partial charge in [0.1, 0.15) is 0 Å². The molecule has 0 bridgehead atoms. The number of rotatable bonds is 4. The van der Waals surface area contributed by atoms with E-state index in [1.165, 1.54) is 0 Å². The van der Waals surface area contributed by atoms with Crippen LogP contribution in [0.1, 0.15) is 47.0 Å². The minimum atomic E-state index is -0.165. The molecule has 0 heterocycles. The number of nitriles is 1. The lowest BCUT2D eigenvalue weighted by Gasteiger charge is -2.39. The number of esters is 1. The zero-order valence-electron chi connectivity index (χ0n) is 12.4. The van der Waals surface area contributed by atoms with E-state index in [2.05, 4.69) is 26.8 Å². The van der Waals surface area contributed by atoms with Gasteiger partial charge >= 0.3 is 5.97 Å². The van der Waals surface area contributed by atoms with Gasteiger partial charge < -0.3 is 4.74 Å². The zero-order chi connectivity index (χ0) is 14.5. The maximum Gasteiger partial charge on any atom is 0.315 e. The number of hydrogen-bond donors (Lipinski definition) is 0. The predicted octanol–water partition coefficient (Wildman–Crippen LogP) is 3.64. The molecule has 0 amide bonds. The van der Waals surface area contributed by atoms with Crippen LogP contribution < -0.4 is 0 Å². The molecule has 0 aliphatic heterocycles. The third kappa shape index (κ3) is 5.06. The molecule has 0 aromatic heterocycles. The molecule has 1 rings (SSSR count). The maximum absolute atomic E-state index is 11.4. The summed E-state index contributed by atoms with van der Waals surface area (Å²) in [5.74, 6) is 0.921. The molecule has 19 heavy (non-hydrogen) atoms. The topological polar surface area (TPSA) is 50.1 Å². The monoisotopic (exact) mass is 283 g/mol. The molecule has 1 fully saturated rings. The van der Waals surface area contributed by atoms with Gasteiger partial charge in [-0.25, -0.2) is 0 Å². The van der Waals surface area contributed by atoms with E-state index in [1.54, 1.807) is 11.8 Å². The molecule has 0 spiro atoms. The molecule has 0 aromatic rings. The second-order valence-electron chi connectivity index (χ2n) is 6.27. The van der Waals surface area contributed by atoms with Gasteiger partial charge in [-0.3, -0.25) is 4.79 Å². The van der Waals surface area contributed by atoms with Gasteiger partial charge in [0.15, 0.2) is 0 Å². The van der Waals surface area contributed by atoms with Gasteiger partial charge in [-0.2, -0.15) is 5.26 Å². The van der Waals surface area contributed by atoms with Gasteiger partial charge in [-0.1, -0.05) is 20.8 Å². The number of thioether (sulfide) groups is 1. The van der Waals surface area contributed by atoms with E-state index in [4.69, 9.17) is 4.74 Å². The van der Waals surface area contributed by atoms with Crippen molar-refractivity contribution in [2.75, 3.05) is 12.4 Å². The second-order valence-corrected chi connectivity index (χ2v) is 7.49. The Morgan fingerprint density at radius 1 is 1.42 bits per heavy atom. The summed E-state index contributed by atoms with van der Waals surface area (Å²) in [5.41, 5.74) is 0.281. The van der Waals surface area contributed by atoms with Gasteiger partial charge in [-0.05, 0) is 37.5 Å². The van der Waals surface area contributed by atoms with Gasteiger partial charge in [0, 0.05) is 5.25 Å². The average Bonchev–Trinajstić information content (AvgIpc) is 2.35. The molecule has 3 nitrogen and oxygen atoms in total. The normalized spacial score (nSPS) is 27.6. The molecular formula is C15H25NO2S. The number of ether oxygens (including phenoxy) is 1. The van der Waals surface area contributed by atoms with Crippen LogP contribution in [0.3, 0.4) is 0 Å². The first-order valence-electron chi connectivity index (χ1n) is 7.05. The van der Waals surface area contributed by atoms with Gasteiger partial charge in [0.25, 0.3) is 0 Å². The fourth-order valence-corrected chi connectivity index (χ4v) is 3.86. The SMILES string of the molecule is CCOC(=O)CSC1CC(C(C)(C)C)CCC1C#N. The molecular weight excluding hydrogens is 258 g/mol. The third-order valence-corrected chi connectivity index (χ3v) is 5.25. The quantitative estimate of drug-likeness (QED) is 0.739. The lowest BCUT2D eigenvalue weighted by atomic mass is 9.70. The van der Waals surface area contributed by atoms with Crippen molar-refractivity contribution in [3.63, 3.8) is 0 Å². The summed E-state index contributed by atoms with van der Waals surface area (Å²) in [7, 11) is 0. The first kappa shape index (κ1) is 16.4. The Labute approximate surface area is 121 Å². The maximum atomic E-state index is 11.4. The molecule has 0 radical (unpaired) electrons. The van der Waals surface area contributed by atoms with Crippen molar-refractivity contribution in [2.45, 2.75) is 52.2 Å². The molecule has 1 aliphatic rings. The molecule has 0 aromatic carbocycles. The van der Waals surface area contributed by atoms with Crippen LogP contribution in [-0.4, -0.2) is 23.6 Å². The van der Waals surface area contributed by atoms with Gasteiger partial charge in [0.2, 0.25) is 0 Å². The van der Waals surface area contributed by atoms with E-state index in [-0.39, 0.29) is 22.6 Å². The van der Waals surface area contributed by atoms with Crippen LogP contribution in [-0.2, 0) is 9.53 Å². The van der Waals surface area contributed by atoms with Crippen LogP contribution in [0.5, 0.6) is 0 Å². The Hall–Kier alpha value is -0.690. The molecule has 3 unspecified atom stereocenters. The van der Waals surface area contributed by atoms with E-state index >= 15 is 0 Å². The highest BCUT2D eigenvalue weighted by atomic mass is 32.2. The summed E-state index contributed by atoms with van der Waals surface area (Å²) in [6.07, 6.45) is 3.11. The van der Waals surface area contributed by atoms with Crippen LogP contribution in [0.15, 0.2) is 0 Å².